The molecule has 118 valence electrons. The van der Waals surface area contributed by atoms with Gasteiger partial charge in [0.15, 0.2) is 0 Å². The lowest BCUT2D eigenvalue weighted by atomic mass is 10.1. The third-order valence-corrected chi connectivity index (χ3v) is 3.65. The van der Waals surface area contributed by atoms with Crippen LogP contribution in [-0.4, -0.2) is 46.6 Å². The first-order valence-electron chi connectivity index (χ1n) is 7.37. The van der Waals surface area contributed by atoms with Gasteiger partial charge in [0.25, 0.3) is 5.91 Å². The van der Waals surface area contributed by atoms with Gasteiger partial charge in [-0.25, -0.2) is 0 Å². The van der Waals surface area contributed by atoms with Crippen LogP contribution in [0.1, 0.15) is 56.2 Å². The Morgan fingerprint density at radius 1 is 1.38 bits per heavy atom. The molecule has 0 aromatic carbocycles. The first kappa shape index (κ1) is 17.2. The molecule has 0 aliphatic carbocycles. The van der Waals surface area contributed by atoms with Crippen LogP contribution in [-0.2, 0) is 11.3 Å². The Bertz CT molecular complexity index is 508. The molecular weight excluding hydrogens is 268 g/mol. The molecule has 0 aliphatic rings. The number of carbonyl (C=O) groups is 2. The molecule has 1 heterocycles. The normalized spacial score (nSPS) is 12.3. The summed E-state index contributed by atoms with van der Waals surface area (Å²) in [5, 5.41) is 7.03. The maximum absolute atomic E-state index is 12.6. The van der Waals surface area contributed by atoms with Gasteiger partial charge in [0.05, 0.1) is 5.69 Å². The van der Waals surface area contributed by atoms with Gasteiger partial charge in [-0.3, -0.25) is 14.3 Å². The zero-order valence-corrected chi connectivity index (χ0v) is 13.8. The van der Waals surface area contributed by atoms with Crippen molar-refractivity contribution in [3.05, 3.63) is 17.5 Å². The number of amides is 2. The van der Waals surface area contributed by atoms with E-state index in [-0.39, 0.29) is 30.2 Å². The number of hydrogen-bond acceptors (Lipinski definition) is 3. The van der Waals surface area contributed by atoms with Gasteiger partial charge in [0.2, 0.25) is 5.91 Å². The van der Waals surface area contributed by atoms with Crippen LogP contribution in [0.5, 0.6) is 0 Å². The molecule has 1 aromatic heterocycles. The van der Waals surface area contributed by atoms with Crippen LogP contribution in [0.3, 0.4) is 0 Å². The third kappa shape index (κ3) is 4.06. The van der Waals surface area contributed by atoms with Crippen molar-refractivity contribution in [1.82, 2.24) is 20.0 Å². The summed E-state index contributed by atoms with van der Waals surface area (Å²) in [6, 6.07) is 1.68. The first-order chi connectivity index (χ1) is 9.81. The van der Waals surface area contributed by atoms with Crippen LogP contribution in [0.2, 0.25) is 0 Å². The average molecular weight is 294 g/mol. The van der Waals surface area contributed by atoms with Crippen LogP contribution in [0.15, 0.2) is 6.07 Å². The molecule has 1 aromatic rings. The molecule has 1 atom stereocenters. The zero-order chi connectivity index (χ0) is 16.2. The molecule has 0 saturated heterocycles. The summed E-state index contributed by atoms with van der Waals surface area (Å²) in [5.74, 6) is 0.0969. The third-order valence-electron chi connectivity index (χ3n) is 3.65. The van der Waals surface area contributed by atoms with E-state index in [0.717, 1.165) is 5.69 Å². The van der Waals surface area contributed by atoms with Gasteiger partial charge in [-0.2, -0.15) is 5.10 Å². The fraction of sp³-hybridized carbons (Fsp3) is 0.667. The highest BCUT2D eigenvalue weighted by molar-refractivity contribution is 5.93. The molecule has 6 heteroatoms. The van der Waals surface area contributed by atoms with Crippen molar-refractivity contribution >= 4 is 11.8 Å². The smallest absolute Gasteiger partial charge is 0.272 e. The number of nitrogens with zero attached hydrogens (tertiary/aromatic N) is 3. The molecule has 0 unspecified atom stereocenters. The van der Waals surface area contributed by atoms with Crippen molar-refractivity contribution in [2.24, 2.45) is 0 Å². The lowest BCUT2D eigenvalue weighted by molar-refractivity contribution is -0.121. The van der Waals surface area contributed by atoms with Gasteiger partial charge < -0.3 is 10.2 Å². The monoisotopic (exact) mass is 294 g/mol. The standard InChI is InChI=1S/C15H26N4O2/c1-7-19-13(9-12(17-19)10(2)3)15(21)18(6)11(4)8-14(20)16-5/h9-11H,7-8H2,1-6H3,(H,16,20)/t11-/m1/s1. The first-order valence-corrected chi connectivity index (χ1v) is 7.37. The maximum atomic E-state index is 12.6. The minimum absolute atomic E-state index is 0.0750. The van der Waals surface area contributed by atoms with Gasteiger partial charge in [-0.05, 0) is 25.8 Å². The largest absolute Gasteiger partial charge is 0.359 e. The summed E-state index contributed by atoms with van der Waals surface area (Å²) in [4.78, 5) is 25.6. The van der Waals surface area contributed by atoms with Crippen molar-refractivity contribution in [1.29, 1.82) is 0 Å². The van der Waals surface area contributed by atoms with Crippen LogP contribution in [0.25, 0.3) is 0 Å². The Morgan fingerprint density at radius 3 is 2.48 bits per heavy atom. The van der Waals surface area contributed by atoms with Gasteiger partial charge in [0, 0.05) is 33.1 Å². The van der Waals surface area contributed by atoms with Crippen molar-refractivity contribution in [2.45, 2.75) is 52.6 Å². The van der Waals surface area contributed by atoms with E-state index < -0.39 is 0 Å². The molecular formula is C15H26N4O2. The van der Waals surface area contributed by atoms with Gasteiger partial charge in [0.1, 0.15) is 5.69 Å². The molecule has 0 saturated carbocycles. The SMILES string of the molecule is CCn1nc(C(C)C)cc1C(=O)N(C)[C@H](C)CC(=O)NC. The summed E-state index contributed by atoms with van der Waals surface area (Å²) in [7, 11) is 3.32. The minimum Gasteiger partial charge on any atom is -0.359 e. The summed E-state index contributed by atoms with van der Waals surface area (Å²) < 4.78 is 1.72. The predicted octanol–water partition coefficient (Wildman–Crippen LogP) is 1.62. The van der Waals surface area contributed by atoms with Gasteiger partial charge >= 0.3 is 0 Å². The van der Waals surface area contributed by atoms with E-state index in [1.807, 2.05) is 19.9 Å². The molecule has 0 fully saturated rings. The van der Waals surface area contributed by atoms with Crippen molar-refractivity contribution in [3.8, 4) is 0 Å². The highest BCUT2D eigenvalue weighted by Crippen LogP contribution is 2.17. The highest BCUT2D eigenvalue weighted by atomic mass is 16.2. The molecule has 1 N–H and O–H groups in total. The van der Waals surface area contributed by atoms with Crippen LogP contribution >= 0.6 is 0 Å². The second-order valence-corrected chi connectivity index (χ2v) is 5.57. The Hall–Kier alpha value is -1.85. The summed E-state index contributed by atoms with van der Waals surface area (Å²) in [6.45, 7) is 8.57. The molecule has 0 bridgehead atoms. The molecule has 0 aliphatic heterocycles. The van der Waals surface area contributed by atoms with E-state index in [9.17, 15) is 9.59 Å². The molecule has 0 spiro atoms. The van der Waals surface area contributed by atoms with E-state index in [0.29, 0.717) is 12.2 Å². The average Bonchev–Trinajstić information content (AvgIpc) is 2.89. The lowest BCUT2D eigenvalue weighted by Gasteiger charge is -2.24. The van der Waals surface area contributed by atoms with E-state index in [4.69, 9.17) is 0 Å². The Labute approximate surface area is 126 Å². The second-order valence-electron chi connectivity index (χ2n) is 5.57. The summed E-state index contributed by atoms with van der Waals surface area (Å²) >= 11 is 0. The summed E-state index contributed by atoms with van der Waals surface area (Å²) in [5.41, 5.74) is 1.49. The number of carbonyl (C=O) groups excluding carboxylic acids is 2. The number of rotatable bonds is 6. The van der Waals surface area contributed by atoms with Crippen molar-refractivity contribution in [3.63, 3.8) is 0 Å². The van der Waals surface area contributed by atoms with Crippen LogP contribution in [0, 0.1) is 0 Å². The molecule has 2 amide bonds. The van der Waals surface area contributed by atoms with Crippen LogP contribution < -0.4 is 5.32 Å². The highest BCUT2D eigenvalue weighted by Gasteiger charge is 2.23. The number of nitrogens with one attached hydrogen (secondary N) is 1. The lowest BCUT2D eigenvalue weighted by Crippen LogP contribution is -2.39. The Kier molecular flexibility index (Phi) is 5.93. The second kappa shape index (κ2) is 7.24. The van der Waals surface area contributed by atoms with E-state index >= 15 is 0 Å². The van der Waals surface area contributed by atoms with E-state index in [2.05, 4.69) is 24.3 Å². The van der Waals surface area contributed by atoms with E-state index in [1.165, 1.54) is 0 Å². The topological polar surface area (TPSA) is 67.2 Å². The number of aryl methyl sites for hydroxylation is 1. The van der Waals surface area contributed by atoms with Crippen molar-refractivity contribution in [2.75, 3.05) is 14.1 Å². The quantitative estimate of drug-likeness (QED) is 0.867. The molecule has 0 radical (unpaired) electrons. The Morgan fingerprint density at radius 2 is 2.00 bits per heavy atom. The molecule has 21 heavy (non-hydrogen) atoms. The maximum Gasteiger partial charge on any atom is 0.272 e. The van der Waals surface area contributed by atoms with Gasteiger partial charge in [-0.1, -0.05) is 13.8 Å². The van der Waals surface area contributed by atoms with Gasteiger partial charge in [-0.15, -0.1) is 0 Å². The fourth-order valence-electron chi connectivity index (χ4n) is 2.02. The molecule has 1 rings (SSSR count). The molecule has 6 nitrogen and oxygen atoms in total. The summed E-state index contributed by atoms with van der Waals surface area (Å²) in [6.07, 6.45) is 0.288. The minimum atomic E-state index is -0.167. The number of hydrogen-bond donors (Lipinski definition) is 1. The fourth-order valence-corrected chi connectivity index (χ4v) is 2.02. The number of aromatic nitrogens is 2. The Balaban J connectivity index is 2.94. The van der Waals surface area contributed by atoms with E-state index in [1.54, 1.807) is 23.7 Å². The predicted molar refractivity (Wildman–Crippen MR) is 82.2 cm³/mol. The van der Waals surface area contributed by atoms with Crippen molar-refractivity contribution < 1.29 is 9.59 Å². The zero-order valence-electron chi connectivity index (χ0n) is 13.8. The van der Waals surface area contributed by atoms with Crippen LogP contribution in [0.4, 0.5) is 0 Å².